The minimum absolute atomic E-state index is 0.199. The summed E-state index contributed by atoms with van der Waals surface area (Å²) in [7, 11) is 0. The predicted octanol–water partition coefficient (Wildman–Crippen LogP) is 3.05. The van der Waals surface area contributed by atoms with Crippen LogP contribution in [0.4, 0.5) is 5.69 Å². The number of pyridine rings is 1. The smallest absolute Gasteiger partial charge is 0.291 e. The number of hydrogen-bond donors (Lipinski definition) is 1. The van der Waals surface area contributed by atoms with E-state index < -0.39 is 6.17 Å². The molecule has 0 fully saturated rings. The van der Waals surface area contributed by atoms with Crippen molar-refractivity contribution in [3.63, 3.8) is 0 Å². The van der Waals surface area contributed by atoms with Crippen molar-refractivity contribution >= 4 is 23.4 Å². The van der Waals surface area contributed by atoms with Gasteiger partial charge in [0.25, 0.3) is 5.91 Å². The van der Waals surface area contributed by atoms with Crippen LogP contribution in [0.2, 0.25) is 0 Å². The zero-order valence-electron chi connectivity index (χ0n) is 16.6. The van der Waals surface area contributed by atoms with Crippen molar-refractivity contribution in [2.75, 3.05) is 11.2 Å². The Morgan fingerprint density at radius 1 is 1.03 bits per heavy atom. The zero-order chi connectivity index (χ0) is 21.4. The van der Waals surface area contributed by atoms with Crippen LogP contribution in [-0.4, -0.2) is 27.2 Å². The van der Waals surface area contributed by atoms with Gasteiger partial charge in [0.2, 0.25) is 5.16 Å². The maximum absolute atomic E-state index is 13.8. The molecule has 1 amide bonds. The van der Waals surface area contributed by atoms with Gasteiger partial charge in [-0.25, -0.2) is 4.90 Å². The maximum atomic E-state index is 13.8. The molecule has 3 heterocycles. The first-order valence-corrected chi connectivity index (χ1v) is 10.9. The van der Waals surface area contributed by atoms with E-state index in [0.717, 1.165) is 0 Å². The summed E-state index contributed by atoms with van der Waals surface area (Å²) >= 11 is 1.33. The molecule has 1 atom stereocenters. The van der Waals surface area contributed by atoms with Crippen LogP contribution in [-0.2, 0) is 0 Å². The molecule has 5 rings (SSSR count). The normalized spacial score (nSPS) is 14.6. The highest BCUT2D eigenvalue weighted by molar-refractivity contribution is 7.98. The molecular formula is C23H18N5O2S+. The standard InChI is InChI=1S/C23H17N5O2S/c1-31-23-25-20(29)19-16-11-5-6-13-18(16)27(22(30)15-9-3-2-4-10-15)21(28(19)26-23)17-12-7-8-14-24-17/h2-14,21H,1H3/p+1/t21-/m0/s1. The van der Waals surface area contributed by atoms with Crippen LogP contribution in [0.3, 0.4) is 0 Å². The average Bonchev–Trinajstić information content (AvgIpc) is 2.83. The van der Waals surface area contributed by atoms with Crippen LogP contribution < -0.4 is 15.1 Å². The quantitative estimate of drug-likeness (QED) is 0.401. The molecule has 152 valence electrons. The molecule has 7 nitrogen and oxygen atoms in total. The number of aromatic nitrogens is 4. The number of fused-ring (bicyclic) bond motifs is 3. The Morgan fingerprint density at radius 2 is 1.77 bits per heavy atom. The van der Waals surface area contributed by atoms with E-state index in [0.29, 0.717) is 33.4 Å². The highest BCUT2D eigenvalue weighted by Gasteiger charge is 2.46. The van der Waals surface area contributed by atoms with Crippen LogP contribution in [0.5, 0.6) is 0 Å². The molecule has 2 aromatic carbocycles. The van der Waals surface area contributed by atoms with Gasteiger partial charge >= 0.3 is 17.4 Å². The summed E-state index contributed by atoms with van der Waals surface area (Å²) < 4.78 is 1.61. The molecule has 0 aliphatic carbocycles. The lowest BCUT2D eigenvalue weighted by Crippen LogP contribution is -2.61. The third-order valence-corrected chi connectivity index (χ3v) is 5.71. The van der Waals surface area contributed by atoms with Crippen molar-refractivity contribution in [3.05, 3.63) is 101 Å². The number of amides is 1. The molecule has 1 aliphatic heterocycles. The summed E-state index contributed by atoms with van der Waals surface area (Å²) in [5, 5.41) is 5.13. The average molecular weight is 428 g/mol. The highest BCUT2D eigenvalue weighted by atomic mass is 32.2. The van der Waals surface area contributed by atoms with Crippen molar-refractivity contribution in [2.45, 2.75) is 11.3 Å². The van der Waals surface area contributed by atoms with Gasteiger partial charge in [-0.15, -0.1) is 0 Å². The van der Waals surface area contributed by atoms with Crippen molar-refractivity contribution in [3.8, 4) is 11.3 Å². The second-order valence-corrected chi connectivity index (χ2v) is 7.74. The predicted molar refractivity (Wildman–Crippen MR) is 118 cm³/mol. The van der Waals surface area contributed by atoms with E-state index in [4.69, 9.17) is 0 Å². The highest BCUT2D eigenvalue weighted by Crippen LogP contribution is 2.37. The van der Waals surface area contributed by atoms with Crippen LogP contribution in [0.15, 0.2) is 88.9 Å². The summed E-state index contributed by atoms with van der Waals surface area (Å²) in [4.78, 5) is 35.8. The molecule has 2 aromatic heterocycles. The molecule has 0 spiro atoms. The van der Waals surface area contributed by atoms with E-state index in [1.54, 1.807) is 27.9 Å². The Labute approximate surface area is 182 Å². The Hall–Kier alpha value is -3.78. The molecule has 0 saturated heterocycles. The lowest BCUT2D eigenvalue weighted by molar-refractivity contribution is -0.763. The van der Waals surface area contributed by atoms with Gasteiger partial charge in [-0.2, -0.15) is 0 Å². The number of rotatable bonds is 3. The SMILES string of the molecule is CSc1n[n+]2c(c(=O)[nH]1)-c1ccccc1N(C(=O)c1ccccc1)[C@@H]2c1ccccn1. The first kappa shape index (κ1) is 19.2. The van der Waals surface area contributed by atoms with Crippen LogP contribution >= 0.6 is 11.8 Å². The number of thioether (sulfide) groups is 1. The lowest BCUT2D eigenvalue weighted by Gasteiger charge is -2.31. The van der Waals surface area contributed by atoms with Crippen LogP contribution in [0, 0.1) is 0 Å². The molecule has 1 N–H and O–H groups in total. The summed E-state index contributed by atoms with van der Waals surface area (Å²) in [5.41, 5.74) is 2.55. The van der Waals surface area contributed by atoms with E-state index in [2.05, 4.69) is 15.1 Å². The largest absolute Gasteiger partial charge is 0.325 e. The van der Waals surface area contributed by atoms with E-state index in [9.17, 15) is 9.59 Å². The Balaban J connectivity index is 1.84. The summed E-state index contributed by atoms with van der Waals surface area (Å²) in [6.07, 6.45) is 2.79. The number of hydrogen-bond acceptors (Lipinski definition) is 5. The van der Waals surface area contributed by atoms with Crippen molar-refractivity contribution in [2.24, 2.45) is 0 Å². The second-order valence-electron chi connectivity index (χ2n) is 6.94. The molecular weight excluding hydrogens is 410 g/mol. The summed E-state index contributed by atoms with van der Waals surface area (Å²) in [5.74, 6) is -0.199. The molecule has 1 aliphatic rings. The van der Waals surface area contributed by atoms with Gasteiger partial charge in [-0.05, 0) is 47.3 Å². The van der Waals surface area contributed by atoms with Gasteiger partial charge in [0.05, 0.1) is 11.3 Å². The number of para-hydroxylation sites is 1. The maximum Gasteiger partial charge on any atom is 0.325 e. The molecule has 4 aromatic rings. The van der Waals surface area contributed by atoms with E-state index in [1.807, 2.05) is 66.9 Å². The zero-order valence-corrected chi connectivity index (χ0v) is 17.4. The fraction of sp³-hybridized carbons (Fsp3) is 0.0870. The van der Waals surface area contributed by atoms with E-state index >= 15 is 0 Å². The number of nitrogens with zero attached hydrogens (tertiary/aromatic N) is 4. The molecule has 0 unspecified atom stereocenters. The van der Waals surface area contributed by atoms with Crippen LogP contribution in [0.1, 0.15) is 22.2 Å². The van der Waals surface area contributed by atoms with Gasteiger partial charge in [0, 0.05) is 16.9 Å². The summed E-state index contributed by atoms with van der Waals surface area (Å²) in [6.45, 7) is 0. The molecule has 0 bridgehead atoms. The number of benzene rings is 2. The Morgan fingerprint density at radius 3 is 2.52 bits per heavy atom. The third kappa shape index (κ3) is 3.21. The number of carbonyl (C=O) groups is 1. The topological polar surface area (TPSA) is 82.8 Å². The molecule has 0 radical (unpaired) electrons. The Bertz CT molecular complexity index is 1320. The number of H-pyrrole nitrogens is 1. The van der Waals surface area contributed by atoms with Crippen molar-refractivity contribution < 1.29 is 9.48 Å². The third-order valence-electron chi connectivity index (χ3n) is 5.14. The summed E-state index contributed by atoms with van der Waals surface area (Å²) in [6, 6.07) is 22.0. The van der Waals surface area contributed by atoms with Crippen molar-refractivity contribution in [1.82, 2.24) is 15.1 Å². The number of anilines is 1. The van der Waals surface area contributed by atoms with Gasteiger partial charge in [0.15, 0.2) is 0 Å². The number of nitrogens with one attached hydrogen (secondary N) is 1. The first-order chi connectivity index (χ1) is 15.2. The Kier molecular flexibility index (Phi) is 4.83. The van der Waals surface area contributed by atoms with E-state index in [1.165, 1.54) is 11.8 Å². The fourth-order valence-electron chi connectivity index (χ4n) is 3.80. The first-order valence-electron chi connectivity index (χ1n) is 9.68. The van der Waals surface area contributed by atoms with Crippen LogP contribution in [0.25, 0.3) is 11.3 Å². The molecule has 0 saturated carbocycles. The van der Waals surface area contributed by atoms with Gasteiger partial charge in [-0.1, -0.05) is 48.2 Å². The number of aromatic amines is 1. The van der Waals surface area contributed by atoms with Gasteiger partial charge < -0.3 is 0 Å². The van der Waals surface area contributed by atoms with Gasteiger partial charge in [-0.3, -0.25) is 19.6 Å². The molecule has 31 heavy (non-hydrogen) atoms. The minimum atomic E-state index is -0.716. The fourth-order valence-corrected chi connectivity index (χ4v) is 4.16. The molecule has 8 heteroatoms. The van der Waals surface area contributed by atoms with Gasteiger partial charge in [0.1, 0.15) is 5.69 Å². The van der Waals surface area contributed by atoms with E-state index in [-0.39, 0.29) is 11.5 Å². The monoisotopic (exact) mass is 428 g/mol. The number of carbonyl (C=O) groups excluding carboxylic acids is 1. The second kappa shape index (κ2) is 7.81. The lowest BCUT2D eigenvalue weighted by atomic mass is 10.0. The van der Waals surface area contributed by atoms with Crippen molar-refractivity contribution in [1.29, 1.82) is 0 Å². The minimum Gasteiger partial charge on any atom is -0.291 e.